The summed E-state index contributed by atoms with van der Waals surface area (Å²) >= 11 is 0. The molecule has 1 rings (SSSR count). The lowest BCUT2D eigenvalue weighted by Gasteiger charge is -2.18. The molecular weight excluding hydrogens is 176 g/mol. The van der Waals surface area contributed by atoms with E-state index in [4.69, 9.17) is 0 Å². The Morgan fingerprint density at radius 3 is 2.86 bits per heavy atom. The minimum Gasteiger partial charge on any atom is -0.352 e. The zero-order valence-corrected chi connectivity index (χ0v) is 9.31. The zero-order valence-electron chi connectivity index (χ0n) is 9.31. The third kappa shape index (κ3) is 3.29. The highest BCUT2D eigenvalue weighted by Crippen LogP contribution is 2.07. The van der Waals surface area contributed by atoms with E-state index in [2.05, 4.69) is 24.5 Å². The van der Waals surface area contributed by atoms with Crippen LogP contribution in [0.25, 0.3) is 0 Å². The van der Waals surface area contributed by atoms with Gasteiger partial charge in [-0.3, -0.25) is 4.79 Å². The first-order chi connectivity index (χ1) is 6.77. The Morgan fingerprint density at radius 1 is 1.57 bits per heavy atom. The maximum atomic E-state index is 11.7. The largest absolute Gasteiger partial charge is 0.352 e. The van der Waals surface area contributed by atoms with Crippen molar-refractivity contribution >= 4 is 5.91 Å². The quantitative estimate of drug-likeness (QED) is 0.701. The van der Waals surface area contributed by atoms with Crippen LogP contribution < -0.4 is 10.6 Å². The molecule has 2 atom stereocenters. The monoisotopic (exact) mass is 198 g/mol. The van der Waals surface area contributed by atoms with E-state index in [0.717, 1.165) is 38.6 Å². The number of carbonyl (C=O) groups is 1. The van der Waals surface area contributed by atoms with Crippen LogP contribution in [0.3, 0.4) is 0 Å². The maximum Gasteiger partial charge on any atom is 0.237 e. The lowest BCUT2D eigenvalue weighted by atomic mass is 10.1. The molecule has 1 fully saturated rings. The van der Waals surface area contributed by atoms with Gasteiger partial charge in [0, 0.05) is 6.04 Å². The first kappa shape index (κ1) is 11.5. The molecule has 2 N–H and O–H groups in total. The fourth-order valence-corrected chi connectivity index (χ4v) is 1.94. The van der Waals surface area contributed by atoms with E-state index >= 15 is 0 Å². The van der Waals surface area contributed by atoms with Crippen molar-refractivity contribution in [3.05, 3.63) is 0 Å². The van der Waals surface area contributed by atoms with Crippen LogP contribution in [0.5, 0.6) is 0 Å². The smallest absolute Gasteiger partial charge is 0.237 e. The van der Waals surface area contributed by atoms with Gasteiger partial charge < -0.3 is 10.6 Å². The van der Waals surface area contributed by atoms with E-state index in [1.54, 1.807) is 0 Å². The third-order valence-corrected chi connectivity index (χ3v) is 2.85. The Kier molecular flexibility index (Phi) is 4.94. The molecule has 0 radical (unpaired) electrons. The van der Waals surface area contributed by atoms with Gasteiger partial charge in [0.2, 0.25) is 5.91 Å². The summed E-state index contributed by atoms with van der Waals surface area (Å²) < 4.78 is 0. The number of hydrogen-bond donors (Lipinski definition) is 2. The molecule has 82 valence electrons. The molecule has 0 spiro atoms. The molecule has 1 heterocycles. The molecule has 1 amide bonds. The Balaban J connectivity index is 2.29. The number of nitrogens with one attached hydrogen (secondary N) is 2. The SMILES string of the molecule is CCCC(CC)NC(=O)[C@@H]1CCCN1. The predicted molar refractivity (Wildman–Crippen MR) is 58.2 cm³/mol. The van der Waals surface area contributed by atoms with Gasteiger partial charge in [0.1, 0.15) is 0 Å². The van der Waals surface area contributed by atoms with Crippen molar-refractivity contribution in [2.45, 2.75) is 58.0 Å². The van der Waals surface area contributed by atoms with Crippen LogP contribution in [0.15, 0.2) is 0 Å². The minimum atomic E-state index is 0.0703. The van der Waals surface area contributed by atoms with Gasteiger partial charge in [-0.25, -0.2) is 0 Å². The Morgan fingerprint density at radius 2 is 2.36 bits per heavy atom. The fourth-order valence-electron chi connectivity index (χ4n) is 1.94. The van der Waals surface area contributed by atoms with Crippen LogP contribution >= 0.6 is 0 Å². The summed E-state index contributed by atoms with van der Waals surface area (Å²) in [6.45, 7) is 5.27. The van der Waals surface area contributed by atoms with Gasteiger partial charge in [-0.2, -0.15) is 0 Å². The van der Waals surface area contributed by atoms with Crippen molar-refractivity contribution in [3.8, 4) is 0 Å². The molecule has 14 heavy (non-hydrogen) atoms. The zero-order chi connectivity index (χ0) is 10.4. The van der Waals surface area contributed by atoms with Gasteiger partial charge in [-0.05, 0) is 32.2 Å². The molecule has 0 saturated carbocycles. The van der Waals surface area contributed by atoms with E-state index in [-0.39, 0.29) is 11.9 Å². The highest BCUT2D eigenvalue weighted by molar-refractivity contribution is 5.82. The number of carbonyl (C=O) groups excluding carboxylic acids is 1. The van der Waals surface area contributed by atoms with Crippen molar-refractivity contribution in [2.24, 2.45) is 0 Å². The average Bonchev–Trinajstić information content (AvgIpc) is 2.69. The molecule has 0 aromatic heterocycles. The molecule has 1 aliphatic heterocycles. The maximum absolute atomic E-state index is 11.7. The summed E-state index contributed by atoms with van der Waals surface area (Å²) in [6.07, 6.45) is 5.38. The molecule has 0 bridgehead atoms. The van der Waals surface area contributed by atoms with Gasteiger partial charge >= 0.3 is 0 Å². The van der Waals surface area contributed by atoms with Gasteiger partial charge in [0.15, 0.2) is 0 Å². The summed E-state index contributed by atoms with van der Waals surface area (Å²) in [4.78, 5) is 11.7. The second kappa shape index (κ2) is 6.02. The molecule has 0 aliphatic carbocycles. The second-order valence-electron chi connectivity index (χ2n) is 4.05. The van der Waals surface area contributed by atoms with Crippen molar-refractivity contribution < 1.29 is 4.79 Å². The first-order valence-electron chi connectivity index (χ1n) is 5.81. The summed E-state index contributed by atoms with van der Waals surface area (Å²) in [6, 6.07) is 0.441. The number of rotatable bonds is 5. The fraction of sp³-hybridized carbons (Fsp3) is 0.909. The molecular formula is C11H22N2O. The average molecular weight is 198 g/mol. The van der Waals surface area contributed by atoms with Crippen LogP contribution in [0.4, 0.5) is 0 Å². The summed E-state index contributed by atoms with van der Waals surface area (Å²) in [5.74, 6) is 0.197. The van der Waals surface area contributed by atoms with E-state index in [9.17, 15) is 4.79 Å². The predicted octanol–water partition coefficient (Wildman–Crippen LogP) is 1.43. The normalized spacial score (nSPS) is 23.4. The molecule has 0 aromatic carbocycles. The standard InChI is InChI=1S/C11H22N2O/c1-3-6-9(4-2)13-11(14)10-7-5-8-12-10/h9-10,12H,3-8H2,1-2H3,(H,13,14)/t9?,10-/m0/s1. The molecule has 3 nitrogen and oxygen atoms in total. The van der Waals surface area contributed by atoms with Gasteiger partial charge in [0.05, 0.1) is 6.04 Å². The highest BCUT2D eigenvalue weighted by Gasteiger charge is 2.23. The van der Waals surface area contributed by atoms with E-state index in [1.165, 1.54) is 0 Å². The van der Waals surface area contributed by atoms with Crippen molar-refractivity contribution in [2.75, 3.05) is 6.54 Å². The molecule has 1 unspecified atom stereocenters. The molecule has 1 aliphatic rings. The van der Waals surface area contributed by atoms with Crippen LogP contribution in [0.1, 0.15) is 46.0 Å². The molecule has 3 heteroatoms. The van der Waals surface area contributed by atoms with Crippen molar-refractivity contribution in [3.63, 3.8) is 0 Å². The molecule has 1 saturated heterocycles. The summed E-state index contributed by atoms with van der Waals surface area (Å²) in [5.41, 5.74) is 0. The first-order valence-corrected chi connectivity index (χ1v) is 5.81. The van der Waals surface area contributed by atoms with Crippen LogP contribution in [0.2, 0.25) is 0 Å². The van der Waals surface area contributed by atoms with Crippen LogP contribution in [-0.2, 0) is 4.79 Å². The number of amides is 1. The molecule has 0 aromatic rings. The van der Waals surface area contributed by atoms with Gasteiger partial charge in [0.25, 0.3) is 0 Å². The van der Waals surface area contributed by atoms with Crippen molar-refractivity contribution in [1.29, 1.82) is 0 Å². The Bertz CT molecular complexity index is 176. The van der Waals surface area contributed by atoms with Gasteiger partial charge in [-0.15, -0.1) is 0 Å². The minimum absolute atomic E-state index is 0.0703. The van der Waals surface area contributed by atoms with Crippen molar-refractivity contribution in [1.82, 2.24) is 10.6 Å². The van der Waals surface area contributed by atoms with Gasteiger partial charge in [-0.1, -0.05) is 20.3 Å². The number of hydrogen-bond acceptors (Lipinski definition) is 2. The van der Waals surface area contributed by atoms with E-state index < -0.39 is 0 Å². The highest BCUT2D eigenvalue weighted by atomic mass is 16.2. The van der Waals surface area contributed by atoms with E-state index in [0.29, 0.717) is 6.04 Å². The lowest BCUT2D eigenvalue weighted by Crippen LogP contribution is -2.44. The lowest BCUT2D eigenvalue weighted by molar-refractivity contribution is -0.123. The van der Waals surface area contributed by atoms with Crippen LogP contribution in [-0.4, -0.2) is 24.5 Å². The summed E-state index contributed by atoms with van der Waals surface area (Å²) in [5, 5.41) is 6.32. The summed E-state index contributed by atoms with van der Waals surface area (Å²) in [7, 11) is 0. The van der Waals surface area contributed by atoms with E-state index in [1.807, 2.05) is 0 Å². The second-order valence-corrected chi connectivity index (χ2v) is 4.05. The third-order valence-electron chi connectivity index (χ3n) is 2.85. The topological polar surface area (TPSA) is 41.1 Å². The Hall–Kier alpha value is -0.570. The Labute approximate surface area is 86.6 Å². The van der Waals surface area contributed by atoms with Crippen LogP contribution in [0, 0.1) is 0 Å².